The summed E-state index contributed by atoms with van der Waals surface area (Å²) in [4.78, 5) is 32.9. The third kappa shape index (κ3) is 2.66. The van der Waals surface area contributed by atoms with Gasteiger partial charge in [-0.3, -0.25) is 14.5 Å². The predicted octanol–water partition coefficient (Wildman–Crippen LogP) is 4.55. The fourth-order valence-corrected chi connectivity index (χ4v) is 3.88. The van der Waals surface area contributed by atoms with Gasteiger partial charge in [0.05, 0.1) is 17.0 Å². The van der Waals surface area contributed by atoms with Gasteiger partial charge in [-0.25, -0.2) is 4.98 Å². The van der Waals surface area contributed by atoms with Gasteiger partial charge in [0.25, 0.3) is 5.91 Å². The Labute approximate surface area is 167 Å². The molecule has 0 N–H and O–H groups in total. The van der Waals surface area contributed by atoms with Crippen LogP contribution in [0.15, 0.2) is 75.9 Å². The predicted molar refractivity (Wildman–Crippen MR) is 111 cm³/mol. The molecule has 3 heterocycles. The lowest BCUT2D eigenvalue weighted by Gasteiger charge is -2.24. The minimum Gasteiger partial charge on any atom is -0.450 e. The van der Waals surface area contributed by atoms with Crippen molar-refractivity contribution < 1.29 is 9.21 Å². The lowest BCUT2D eigenvalue weighted by Crippen LogP contribution is -2.30. The van der Waals surface area contributed by atoms with E-state index in [1.165, 1.54) is 0 Å². The van der Waals surface area contributed by atoms with E-state index in [0.717, 1.165) is 16.8 Å². The molecule has 2 aromatic heterocycles. The highest BCUT2D eigenvalue weighted by Gasteiger charge is 2.44. The van der Waals surface area contributed by atoms with Crippen LogP contribution in [0.4, 0.5) is 5.82 Å². The topological polar surface area (TPSA) is 63.4 Å². The van der Waals surface area contributed by atoms with Crippen LogP contribution in [-0.2, 0) is 0 Å². The molecule has 142 valence electrons. The van der Waals surface area contributed by atoms with Gasteiger partial charge in [-0.1, -0.05) is 48.0 Å². The van der Waals surface area contributed by atoms with Crippen molar-refractivity contribution in [2.24, 2.45) is 0 Å². The normalized spacial score (nSPS) is 15.7. The summed E-state index contributed by atoms with van der Waals surface area (Å²) < 4.78 is 5.94. The number of carbonyl (C=O) groups excluding carboxylic acids is 1. The van der Waals surface area contributed by atoms with Crippen molar-refractivity contribution >= 4 is 22.7 Å². The maximum absolute atomic E-state index is 13.4. The van der Waals surface area contributed by atoms with Gasteiger partial charge in [0.15, 0.2) is 5.43 Å². The number of aryl methyl sites for hydroxylation is 2. The van der Waals surface area contributed by atoms with Crippen molar-refractivity contribution in [2.75, 3.05) is 4.90 Å². The van der Waals surface area contributed by atoms with E-state index in [4.69, 9.17) is 4.42 Å². The Hall–Kier alpha value is -3.73. The SMILES string of the molecule is Cc1ccc([C@@H]2c3c(oc4ccccc4c3=O)C(=O)N2c2cccc(C)n2)cc1. The first kappa shape index (κ1) is 17.4. The highest BCUT2D eigenvalue weighted by molar-refractivity contribution is 6.10. The van der Waals surface area contributed by atoms with Crippen LogP contribution in [0, 0.1) is 13.8 Å². The van der Waals surface area contributed by atoms with Gasteiger partial charge in [-0.15, -0.1) is 0 Å². The zero-order valence-corrected chi connectivity index (χ0v) is 16.0. The van der Waals surface area contributed by atoms with E-state index in [2.05, 4.69) is 4.98 Å². The number of fused-ring (bicyclic) bond motifs is 2. The van der Waals surface area contributed by atoms with E-state index in [9.17, 15) is 9.59 Å². The van der Waals surface area contributed by atoms with Gasteiger partial charge < -0.3 is 4.42 Å². The van der Waals surface area contributed by atoms with Crippen LogP contribution >= 0.6 is 0 Å². The highest BCUT2D eigenvalue weighted by atomic mass is 16.3. The Kier molecular flexibility index (Phi) is 3.84. The minimum atomic E-state index is -0.590. The second kappa shape index (κ2) is 6.41. The number of rotatable bonds is 2. The molecular formula is C24H18N2O3. The van der Waals surface area contributed by atoms with Gasteiger partial charge in [-0.05, 0) is 43.7 Å². The molecule has 1 atom stereocenters. The van der Waals surface area contributed by atoms with Crippen molar-refractivity contribution in [2.45, 2.75) is 19.9 Å². The lowest BCUT2D eigenvalue weighted by atomic mass is 9.97. The molecule has 2 aromatic carbocycles. The second-order valence-electron chi connectivity index (χ2n) is 7.30. The molecule has 1 amide bonds. The molecule has 0 fully saturated rings. The monoisotopic (exact) mass is 382 g/mol. The van der Waals surface area contributed by atoms with Crippen LogP contribution < -0.4 is 10.3 Å². The Morgan fingerprint density at radius 2 is 1.66 bits per heavy atom. The van der Waals surface area contributed by atoms with Crippen LogP contribution in [0.2, 0.25) is 0 Å². The molecule has 29 heavy (non-hydrogen) atoms. The van der Waals surface area contributed by atoms with Crippen LogP contribution in [0.1, 0.15) is 39.0 Å². The number of nitrogens with zero attached hydrogens (tertiary/aromatic N) is 2. The summed E-state index contributed by atoms with van der Waals surface area (Å²) in [6, 6.07) is 19.8. The summed E-state index contributed by atoms with van der Waals surface area (Å²) in [5, 5.41) is 0.468. The maximum atomic E-state index is 13.4. The molecule has 1 aliphatic rings. The number of anilines is 1. The lowest BCUT2D eigenvalue weighted by molar-refractivity contribution is 0.0970. The number of carbonyl (C=O) groups is 1. The van der Waals surface area contributed by atoms with Gasteiger partial charge in [0.2, 0.25) is 5.76 Å². The number of hydrogen-bond donors (Lipinski definition) is 0. The zero-order valence-electron chi connectivity index (χ0n) is 16.0. The third-order valence-electron chi connectivity index (χ3n) is 5.29. The molecule has 4 aromatic rings. The molecule has 0 saturated heterocycles. The van der Waals surface area contributed by atoms with Gasteiger partial charge in [0.1, 0.15) is 11.4 Å². The van der Waals surface area contributed by atoms with Crippen molar-refractivity contribution in [1.82, 2.24) is 4.98 Å². The average Bonchev–Trinajstić information content (AvgIpc) is 3.02. The van der Waals surface area contributed by atoms with Crippen molar-refractivity contribution in [3.05, 3.63) is 105 Å². The Morgan fingerprint density at radius 3 is 2.41 bits per heavy atom. The number of aromatic nitrogens is 1. The standard InChI is InChI=1S/C24H18N2O3/c1-14-10-12-16(13-11-14)21-20-22(27)17-7-3-4-8-18(17)29-23(20)24(28)26(21)19-9-5-6-15(2)25-19/h3-13,21H,1-2H3/t21-/m1/s1. The van der Waals surface area contributed by atoms with Gasteiger partial charge in [-0.2, -0.15) is 0 Å². The first-order valence-corrected chi connectivity index (χ1v) is 9.44. The minimum absolute atomic E-state index is 0.0857. The molecule has 5 rings (SSSR count). The Morgan fingerprint density at radius 1 is 0.897 bits per heavy atom. The number of amides is 1. The summed E-state index contributed by atoms with van der Waals surface area (Å²) in [5.41, 5.74) is 3.32. The largest absolute Gasteiger partial charge is 0.450 e. The summed E-state index contributed by atoms with van der Waals surface area (Å²) >= 11 is 0. The van der Waals surface area contributed by atoms with E-state index in [0.29, 0.717) is 22.4 Å². The fourth-order valence-electron chi connectivity index (χ4n) is 3.88. The van der Waals surface area contributed by atoms with E-state index in [-0.39, 0.29) is 17.1 Å². The molecule has 0 unspecified atom stereocenters. The summed E-state index contributed by atoms with van der Waals surface area (Å²) in [7, 11) is 0. The van der Waals surface area contributed by atoms with E-state index >= 15 is 0 Å². The zero-order chi connectivity index (χ0) is 20.1. The number of hydrogen-bond acceptors (Lipinski definition) is 4. The number of pyridine rings is 1. The van der Waals surface area contributed by atoms with Crippen molar-refractivity contribution in [3.63, 3.8) is 0 Å². The highest BCUT2D eigenvalue weighted by Crippen LogP contribution is 2.40. The number of benzene rings is 2. The van der Waals surface area contributed by atoms with Crippen LogP contribution in [-0.4, -0.2) is 10.9 Å². The number of para-hydroxylation sites is 1. The average molecular weight is 382 g/mol. The van der Waals surface area contributed by atoms with Gasteiger partial charge in [0, 0.05) is 5.69 Å². The Bertz CT molecular complexity index is 1320. The quantitative estimate of drug-likeness (QED) is 0.510. The molecule has 5 nitrogen and oxygen atoms in total. The first-order valence-electron chi connectivity index (χ1n) is 9.44. The molecule has 0 aliphatic carbocycles. The van der Waals surface area contributed by atoms with Crippen molar-refractivity contribution in [3.8, 4) is 0 Å². The smallest absolute Gasteiger partial charge is 0.296 e. The van der Waals surface area contributed by atoms with Gasteiger partial charge >= 0.3 is 0 Å². The maximum Gasteiger partial charge on any atom is 0.296 e. The molecule has 0 saturated carbocycles. The molecule has 0 radical (unpaired) electrons. The molecule has 0 spiro atoms. The molecular weight excluding hydrogens is 364 g/mol. The van der Waals surface area contributed by atoms with E-state index < -0.39 is 6.04 Å². The summed E-state index contributed by atoms with van der Waals surface area (Å²) in [5.74, 6) is 0.226. The van der Waals surface area contributed by atoms with Crippen LogP contribution in [0.3, 0.4) is 0 Å². The summed E-state index contributed by atoms with van der Waals surface area (Å²) in [6.45, 7) is 3.87. The van der Waals surface area contributed by atoms with E-state index in [1.54, 1.807) is 35.2 Å². The third-order valence-corrected chi connectivity index (χ3v) is 5.29. The van der Waals surface area contributed by atoms with Crippen LogP contribution in [0.5, 0.6) is 0 Å². The fraction of sp³-hybridized carbons (Fsp3) is 0.125. The molecule has 0 bridgehead atoms. The van der Waals surface area contributed by atoms with E-state index in [1.807, 2.05) is 50.2 Å². The Balaban J connectivity index is 1.82. The molecule has 5 heteroatoms. The van der Waals surface area contributed by atoms with Crippen molar-refractivity contribution in [1.29, 1.82) is 0 Å². The molecule has 1 aliphatic heterocycles. The second-order valence-corrected chi connectivity index (χ2v) is 7.30. The first-order chi connectivity index (χ1) is 14.0. The van der Waals surface area contributed by atoms with Crippen LogP contribution in [0.25, 0.3) is 11.0 Å². The summed E-state index contributed by atoms with van der Waals surface area (Å²) in [6.07, 6.45) is 0.